The fourth-order valence-corrected chi connectivity index (χ4v) is 3.28. The Hall–Kier alpha value is -0.850. The Bertz CT molecular complexity index is 467. The van der Waals surface area contributed by atoms with Crippen molar-refractivity contribution in [3.05, 3.63) is 0 Å². The molecule has 0 spiro atoms. The SMILES string of the molecule is CC(C)(C)OC(=O)N1CCC(C)(C)C(CS(=O)(=O)F)C1. The summed E-state index contributed by atoms with van der Waals surface area (Å²) in [6.45, 7) is 9.78. The van der Waals surface area contributed by atoms with Crippen LogP contribution >= 0.6 is 0 Å². The van der Waals surface area contributed by atoms with E-state index in [0.29, 0.717) is 13.0 Å². The van der Waals surface area contributed by atoms with Crippen LogP contribution in [0.25, 0.3) is 0 Å². The van der Waals surface area contributed by atoms with Gasteiger partial charge < -0.3 is 9.64 Å². The first-order valence-electron chi connectivity index (χ1n) is 6.70. The Labute approximate surface area is 120 Å². The number of rotatable bonds is 2. The van der Waals surface area contributed by atoms with E-state index < -0.39 is 33.6 Å². The Morgan fingerprint density at radius 2 is 1.95 bits per heavy atom. The number of carbonyl (C=O) groups is 1. The highest BCUT2D eigenvalue weighted by Crippen LogP contribution is 2.37. The predicted molar refractivity (Wildman–Crippen MR) is 74.6 cm³/mol. The number of nitrogens with zero attached hydrogens (tertiary/aromatic N) is 1. The lowest BCUT2D eigenvalue weighted by Gasteiger charge is -2.43. The van der Waals surface area contributed by atoms with E-state index in [1.807, 2.05) is 13.8 Å². The summed E-state index contributed by atoms with van der Waals surface area (Å²) in [5.74, 6) is -0.988. The van der Waals surface area contributed by atoms with Crippen molar-refractivity contribution in [2.45, 2.75) is 46.6 Å². The zero-order valence-corrected chi connectivity index (χ0v) is 13.6. The molecule has 118 valence electrons. The van der Waals surface area contributed by atoms with Gasteiger partial charge in [-0.15, -0.1) is 3.89 Å². The number of amides is 1. The highest BCUT2D eigenvalue weighted by Gasteiger charge is 2.40. The van der Waals surface area contributed by atoms with Crippen molar-refractivity contribution >= 4 is 16.3 Å². The standard InChI is InChI=1S/C13H24FNO4S/c1-12(2,3)19-11(16)15-7-6-13(4,5)10(8-15)9-20(14,17)18/h10H,6-9H2,1-5H3. The molecule has 0 radical (unpaired) electrons. The van der Waals surface area contributed by atoms with Gasteiger partial charge in [0.05, 0.1) is 5.75 Å². The normalized spacial score (nSPS) is 23.5. The van der Waals surface area contributed by atoms with Crippen molar-refractivity contribution in [3.63, 3.8) is 0 Å². The second-order valence-electron chi connectivity index (χ2n) is 7.07. The first kappa shape index (κ1) is 17.2. The molecule has 7 heteroatoms. The minimum absolute atomic E-state index is 0.199. The van der Waals surface area contributed by atoms with Crippen LogP contribution in [0.5, 0.6) is 0 Å². The molecule has 1 aliphatic heterocycles. The molecular weight excluding hydrogens is 285 g/mol. The molecular formula is C13H24FNO4S. The number of piperidine rings is 1. The fraction of sp³-hybridized carbons (Fsp3) is 0.923. The summed E-state index contributed by atoms with van der Waals surface area (Å²) in [7, 11) is -4.56. The van der Waals surface area contributed by atoms with Gasteiger partial charge in [-0.1, -0.05) is 13.8 Å². The first-order valence-corrected chi connectivity index (χ1v) is 8.26. The van der Waals surface area contributed by atoms with Crippen LogP contribution in [-0.4, -0.2) is 43.9 Å². The molecule has 0 aromatic carbocycles. The van der Waals surface area contributed by atoms with Crippen molar-refractivity contribution in [1.29, 1.82) is 0 Å². The molecule has 20 heavy (non-hydrogen) atoms. The number of ether oxygens (including phenoxy) is 1. The van der Waals surface area contributed by atoms with Gasteiger partial charge in [0.2, 0.25) is 0 Å². The van der Waals surface area contributed by atoms with Crippen LogP contribution in [0.3, 0.4) is 0 Å². The van der Waals surface area contributed by atoms with Gasteiger partial charge in [0.15, 0.2) is 0 Å². The molecule has 5 nitrogen and oxygen atoms in total. The van der Waals surface area contributed by atoms with Crippen LogP contribution in [0.15, 0.2) is 0 Å². The molecule has 0 aromatic heterocycles. The van der Waals surface area contributed by atoms with Crippen LogP contribution in [0.1, 0.15) is 41.0 Å². The maximum atomic E-state index is 13.0. The lowest BCUT2D eigenvalue weighted by molar-refractivity contribution is 0.00197. The van der Waals surface area contributed by atoms with Crippen LogP contribution in [0.4, 0.5) is 8.68 Å². The van der Waals surface area contributed by atoms with Gasteiger partial charge in [-0.3, -0.25) is 0 Å². The average molecular weight is 309 g/mol. The van der Waals surface area contributed by atoms with Crippen LogP contribution in [-0.2, 0) is 15.0 Å². The molecule has 1 atom stereocenters. The topological polar surface area (TPSA) is 63.7 Å². The molecule has 0 bridgehead atoms. The Kier molecular flexibility index (Phi) is 4.73. The first-order chi connectivity index (χ1) is 8.80. The quantitative estimate of drug-likeness (QED) is 0.735. The average Bonchev–Trinajstić information content (AvgIpc) is 2.16. The van der Waals surface area contributed by atoms with Gasteiger partial charge in [-0.05, 0) is 38.5 Å². The molecule has 1 saturated heterocycles. The third-order valence-electron chi connectivity index (χ3n) is 3.62. The van der Waals surface area contributed by atoms with E-state index in [-0.39, 0.29) is 12.0 Å². The molecule has 1 amide bonds. The molecule has 1 rings (SSSR count). The molecule has 1 fully saturated rings. The van der Waals surface area contributed by atoms with E-state index in [2.05, 4.69) is 0 Å². The van der Waals surface area contributed by atoms with Crippen molar-refractivity contribution in [1.82, 2.24) is 4.90 Å². The largest absolute Gasteiger partial charge is 0.444 e. The Balaban J connectivity index is 2.78. The summed E-state index contributed by atoms with van der Waals surface area (Å²) in [5.41, 5.74) is -0.927. The van der Waals surface area contributed by atoms with Gasteiger partial charge in [0, 0.05) is 13.1 Å². The number of hydrogen-bond donors (Lipinski definition) is 0. The Morgan fingerprint density at radius 1 is 1.40 bits per heavy atom. The fourth-order valence-electron chi connectivity index (χ4n) is 2.24. The van der Waals surface area contributed by atoms with Gasteiger partial charge in [0.25, 0.3) is 0 Å². The highest BCUT2D eigenvalue weighted by atomic mass is 32.3. The van der Waals surface area contributed by atoms with E-state index in [0.717, 1.165) is 0 Å². The third-order valence-corrected chi connectivity index (χ3v) is 4.42. The van der Waals surface area contributed by atoms with Crippen LogP contribution < -0.4 is 0 Å². The van der Waals surface area contributed by atoms with E-state index in [4.69, 9.17) is 4.74 Å². The number of halogens is 1. The van der Waals surface area contributed by atoms with Crippen molar-refractivity contribution < 1.29 is 21.8 Å². The molecule has 1 aliphatic rings. The second kappa shape index (κ2) is 5.50. The van der Waals surface area contributed by atoms with Crippen molar-refractivity contribution in [2.24, 2.45) is 11.3 Å². The zero-order chi connectivity index (χ0) is 15.8. The number of carbonyl (C=O) groups excluding carboxylic acids is 1. The van der Waals surface area contributed by atoms with Gasteiger partial charge in [0.1, 0.15) is 5.60 Å². The monoisotopic (exact) mass is 309 g/mol. The molecule has 0 aromatic rings. The predicted octanol–water partition coefficient (Wildman–Crippen LogP) is 2.57. The lowest BCUT2D eigenvalue weighted by Crippen LogP contribution is -2.50. The third kappa shape index (κ3) is 5.26. The van der Waals surface area contributed by atoms with Gasteiger partial charge in [-0.2, -0.15) is 8.42 Å². The van der Waals surface area contributed by atoms with E-state index >= 15 is 0 Å². The molecule has 1 unspecified atom stereocenters. The van der Waals surface area contributed by atoms with Gasteiger partial charge in [-0.25, -0.2) is 4.79 Å². The summed E-state index contributed by atoms with van der Waals surface area (Å²) < 4.78 is 40.0. The maximum Gasteiger partial charge on any atom is 0.410 e. The van der Waals surface area contributed by atoms with Crippen LogP contribution in [0.2, 0.25) is 0 Å². The summed E-state index contributed by atoms with van der Waals surface area (Å²) in [4.78, 5) is 13.5. The lowest BCUT2D eigenvalue weighted by atomic mass is 9.74. The Morgan fingerprint density at radius 3 is 2.40 bits per heavy atom. The smallest absolute Gasteiger partial charge is 0.410 e. The molecule has 0 N–H and O–H groups in total. The van der Waals surface area contributed by atoms with E-state index in [1.54, 1.807) is 20.8 Å². The highest BCUT2D eigenvalue weighted by molar-refractivity contribution is 7.86. The number of hydrogen-bond acceptors (Lipinski definition) is 4. The minimum Gasteiger partial charge on any atom is -0.444 e. The zero-order valence-electron chi connectivity index (χ0n) is 12.8. The number of likely N-dealkylation sites (tertiary alicyclic amines) is 1. The van der Waals surface area contributed by atoms with Crippen LogP contribution in [0, 0.1) is 11.3 Å². The van der Waals surface area contributed by atoms with Crippen molar-refractivity contribution in [3.8, 4) is 0 Å². The maximum absolute atomic E-state index is 13.0. The summed E-state index contributed by atoms with van der Waals surface area (Å²) in [5, 5.41) is 0. The molecule has 1 heterocycles. The molecule has 0 saturated carbocycles. The van der Waals surface area contributed by atoms with E-state index in [9.17, 15) is 17.1 Å². The van der Waals surface area contributed by atoms with Crippen molar-refractivity contribution in [2.75, 3.05) is 18.8 Å². The second-order valence-corrected chi connectivity index (χ2v) is 8.48. The summed E-state index contributed by atoms with van der Waals surface area (Å²) in [6, 6.07) is 0. The van der Waals surface area contributed by atoms with E-state index in [1.165, 1.54) is 4.90 Å². The summed E-state index contributed by atoms with van der Waals surface area (Å²) in [6.07, 6.45) is 0.140. The van der Waals surface area contributed by atoms with Gasteiger partial charge >= 0.3 is 16.3 Å². The summed E-state index contributed by atoms with van der Waals surface area (Å²) >= 11 is 0. The molecule has 0 aliphatic carbocycles. The minimum atomic E-state index is -4.56.